The van der Waals surface area contributed by atoms with Gasteiger partial charge in [0, 0.05) is 17.7 Å². The Morgan fingerprint density at radius 2 is 2.00 bits per heavy atom. The smallest absolute Gasteiger partial charge is 0.130 e. The van der Waals surface area contributed by atoms with Gasteiger partial charge >= 0.3 is 0 Å². The quantitative estimate of drug-likeness (QED) is 0.667. The molecule has 2 aromatic carbocycles. The monoisotopic (exact) mass is 288 g/mol. The fraction of sp³-hybridized carbons (Fsp3) is 0.294. The second-order valence-corrected chi connectivity index (χ2v) is 5.68. The minimum Gasteiger partial charge on any atom is -0.271 e. The SMILES string of the molecule is Cc1cc(C(CC2Cc3ccccc32)NN)c(F)cc1F. The molecule has 4 heteroatoms. The Morgan fingerprint density at radius 1 is 1.24 bits per heavy atom. The summed E-state index contributed by atoms with van der Waals surface area (Å²) in [6, 6.07) is 10.4. The first-order valence-electron chi connectivity index (χ1n) is 7.09. The third-order valence-corrected chi connectivity index (χ3v) is 4.34. The molecule has 0 spiro atoms. The fourth-order valence-corrected chi connectivity index (χ4v) is 3.09. The van der Waals surface area contributed by atoms with E-state index in [1.165, 1.54) is 11.1 Å². The second kappa shape index (κ2) is 5.54. The van der Waals surface area contributed by atoms with Crippen molar-refractivity contribution in [3.05, 3.63) is 70.3 Å². The molecule has 0 saturated heterocycles. The lowest BCUT2D eigenvalue weighted by atomic mass is 9.74. The van der Waals surface area contributed by atoms with Gasteiger partial charge < -0.3 is 0 Å². The van der Waals surface area contributed by atoms with Gasteiger partial charge in [0.2, 0.25) is 0 Å². The molecule has 0 bridgehead atoms. The molecule has 0 amide bonds. The molecule has 2 nitrogen and oxygen atoms in total. The van der Waals surface area contributed by atoms with E-state index in [0.717, 1.165) is 12.5 Å². The van der Waals surface area contributed by atoms with Gasteiger partial charge in [-0.15, -0.1) is 0 Å². The molecule has 110 valence electrons. The van der Waals surface area contributed by atoms with Crippen LogP contribution in [0.4, 0.5) is 8.78 Å². The summed E-state index contributed by atoms with van der Waals surface area (Å²) >= 11 is 0. The Kier molecular flexibility index (Phi) is 3.74. The summed E-state index contributed by atoms with van der Waals surface area (Å²) in [4.78, 5) is 0. The number of hydrogen-bond donors (Lipinski definition) is 2. The van der Waals surface area contributed by atoms with Gasteiger partial charge in [-0.1, -0.05) is 24.3 Å². The molecule has 3 N–H and O–H groups in total. The van der Waals surface area contributed by atoms with E-state index in [-0.39, 0.29) is 6.04 Å². The Hall–Kier alpha value is -1.78. The number of rotatable bonds is 4. The topological polar surface area (TPSA) is 38.0 Å². The highest BCUT2D eigenvalue weighted by Crippen LogP contribution is 2.41. The highest BCUT2D eigenvalue weighted by molar-refractivity contribution is 5.40. The zero-order valence-electron chi connectivity index (χ0n) is 11.9. The first kappa shape index (κ1) is 14.2. The summed E-state index contributed by atoms with van der Waals surface area (Å²) < 4.78 is 27.4. The van der Waals surface area contributed by atoms with E-state index >= 15 is 0 Å². The average Bonchev–Trinajstić information content (AvgIpc) is 2.45. The molecule has 1 aliphatic rings. The Balaban J connectivity index is 1.83. The minimum atomic E-state index is -0.548. The maximum atomic E-state index is 14.0. The van der Waals surface area contributed by atoms with Crippen molar-refractivity contribution in [3.63, 3.8) is 0 Å². The zero-order chi connectivity index (χ0) is 15.0. The van der Waals surface area contributed by atoms with Crippen molar-refractivity contribution >= 4 is 0 Å². The van der Waals surface area contributed by atoms with Crippen LogP contribution < -0.4 is 11.3 Å². The number of benzene rings is 2. The molecule has 0 radical (unpaired) electrons. The third kappa shape index (κ3) is 2.57. The molecule has 2 aromatic rings. The van der Waals surface area contributed by atoms with Gasteiger partial charge in [0.1, 0.15) is 11.6 Å². The molecule has 0 aromatic heterocycles. The van der Waals surface area contributed by atoms with Gasteiger partial charge in [-0.2, -0.15) is 0 Å². The molecular weight excluding hydrogens is 270 g/mol. The third-order valence-electron chi connectivity index (χ3n) is 4.34. The number of hydrogen-bond acceptors (Lipinski definition) is 2. The van der Waals surface area contributed by atoms with Crippen molar-refractivity contribution < 1.29 is 8.78 Å². The molecule has 3 rings (SSSR count). The van der Waals surface area contributed by atoms with Gasteiger partial charge in [0.05, 0.1) is 0 Å². The van der Waals surface area contributed by atoms with Crippen molar-refractivity contribution in [3.8, 4) is 0 Å². The van der Waals surface area contributed by atoms with E-state index in [1.807, 2.05) is 12.1 Å². The van der Waals surface area contributed by atoms with E-state index in [0.29, 0.717) is 23.5 Å². The summed E-state index contributed by atoms with van der Waals surface area (Å²) in [6.45, 7) is 1.63. The van der Waals surface area contributed by atoms with Gasteiger partial charge in [-0.25, -0.2) is 8.78 Å². The largest absolute Gasteiger partial charge is 0.271 e. The molecule has 1 aliphatic carbocycles. The van der Waals surface area contributed by atoms with Crippen molar-refractivity contribution in [2.45, 2.75) is 31.7 Å². The summed E-state index contributed by atoms with van der Waals surface area (Å²) in [5.41, 5.74) is 6.18. The summed E-state index contributed by atoms with van der Waals surface area (Å²) in [5, 5.41) is 0. The Bertz CT molecular complexity index is 670. The van der Waals surface area contributed by atoms with E-state index in [4.69, 9.17) is 5.84 Å². The van der Waals surface area contributed by atoms with E-state index in [1.54, 1.807) is 13.0 Å². The van der Waals surface area contributed by atoms with E-state index < -0.39 is 11.6 Å². The van der Waals surface area contributed by atoms with E-state index in [9.17, 15) is 8.78 Å². The number of halogens is 2. The lowest BCUT2D eigenvalue weighted by molar-refractivity contribution is 0.419. The number of fused-ring (bicyclic) bond motifs is 1. The summed E-state index contributed by atoms with van der Waals surface area (Å²) in [5.74, 6) is 4.89. The van der Waals surface area contributed by atoms with Crippen LogP contribution in [0.5, 0.6) is 0 Å². The standard InChI is InChI=1S/C17H18F2N2/c1-10-6-14(16(19)9-15(10)18)17(21-20)8-12-7-11-4-2-3-5-13(11)12/h2-6,9,12,17,21H,7-8,20H2,1H3. The van der Waals surface area contributed by atoms with Crippen LogP contribution in [0.3, 0.4) is 0 Å². The van der Waals surface area contributed by atoms with Crippen LogP contribution in [0, 0.1) is 18.6 Å². The number of nitrogens with one attached hydrogen (secondary N) is 1. The van der Waals surface area contributed by atoms with Crippen LogP contribution in [0.15, 0.2) is 36.4 Å². The molecule has 21 heavy (non-hydrogen) atoms. The van der Waals surface area contributed by atoms with Crippen LogP contribution in [-0.2, 0) is 6.42 Å². The second-order valence-electron chi connectivity index (χ2n) is 5.68. The summed E-state index contributed by atoms with van der Waals surface area (Å²) in [6.07, 6.45) is 1.69. The van der Waals surface area contributed by atoms with E-state index in [2.05, 4.69) is 17.6 Å². The summed E-state index contributed by atoms with van der Waals surface area (Å²) in [7, 11) is 0. The van der Waals surface area contributed by atoms with Crippen LogP contribution in [0.2, 0.25) is 0 Å². The maximum Gasteiger partial charge on any atom is 0.130 e. The lowest BCUT2D eigenvalue weighted by Crippen LogP contribution is -2.32. The normalized spacial score (nSPS) is 18.0. The Labute approximate surface area is 122 Å². The van der Waals surface area contributed by atoms with Crippen LogP contribution in [-0.4, -0.2) is 0 Å². The van der Waals surface area contributed by atoms with Crippen molar-refractivity contribution in [2.24, 2.45) is 5.84 Å². The highest BCUT2D eigenvalue weighted by Gasteiger charge is 2.29. The minimum absolute atomic E-state index is 0.317. The highest BCUT2D eigenvalue weighted by atomic mass is 19.1. The van der Waals surface area contributed by atoms with Gasteiger partial charge in [0.15, 0.2) is 0 Å². The van der Waals surface area contributed by atoms with Crippen molar-refractivity contribution in [1.29, 1.82) is 0 Å². The molecule has 0 aliphatic heterocycles. The van der Waals surface area contributed by atoms with Crippen molar-refractivity contribution in [2.75, 3.05) is 0 Å². The van der Waals surface area contributed by atoms with Crippen molar-refractivity contribution in [1.82, 2.24) is 5.43 Å². The first-order chi connectivity index (χ1) is 10.1. The van der Waals surface area contributed by atoms with Crippen LogP contribution >= 0.6 is 0 Å². The predicted octanol–water partition coefficient (Wildman–Crippen LogP) is 3.51. The first-order valence-corrected chi connectivity index (χ1v) is 7.09. The predicted molar refractivity (Wildman–Crippen MR) is 78.7 cm³/mol. The average molecular weight is 288 g/mol. The number of hydrazine groups is 1. The fourth-order valence-electron chi connectivity index (χ4n) is 3.09. The lowest BCUT2D eigenvalue weighted by Gasteiger charge is -2.33. The molecule has 0 fully saturated rings. The van der Waals surface area contributed by atoms with Crippen LogP contribution in [0.25, 0.3) is 0 Å². The van der Waals surface area contributed by atoms with Crippen LogP contribution in [0.1, 0.15) is 40.6 Å². The van der Waals surface area contributed by atoms with Gasteiger partial charge in [0.25, 0.3) is 0 Å². The maximum absolute atomic E-state index is 14.0. The molecule has 2 atom stereocenters. The Morgan fingerprint density at radius 3 is 2.71 bits per heavy atom. The molecule has 2 unspecified atom stereocenters. The number of aryl methyl sites for hydroxylation is 1. The van der Waals surface area contributed by atoms with Gasteiger partial charge in [-0.3, -0.25) is 11.3 Å². The molecule has 0 saturated carbocycles. The molecular formula is C17H18F2N2. The molecule has 0 heterocycles. The van der Waals surface area contributed by atoms with Gasteiger partial charge in [-0.05, 0) is 48.4 Å². The zero-order valence-corrected chi connectivity index (χ0v) is 11.9. The number of nitrogens with two attached hydrogens (primary N) is 1.